The molecule has 5 fully saturated rings. The molecule has 1 saturated heterocycles. The van der Waals surface area contributed by atoms with Gasteiger partial charge >= 0.3 is 5.97 Å². The first-order chi connectivity index (χ1) is 20.3. The van der Waals surface area contributed by atoms with E-state index in [1.54, 1.807) is 14.2 Å². The highest BCUT2D eigenvalue weighted by atomic mass is 16.6. The number of fused-ring (bicyclic) bond motifs is 3. The molecule has 2 aliphatic heterocycles. The lowest BCUT2D eigenvalue weighted by molar-refractivity contribution is -0.309. The molecule has 2 spiro atoms. The summed E-state index contributed by atoms with van der Waals surface area (Å²) in [4.78, 5) is 15.6. The highest BCUT2D eigenvalue weighted by molar-refractivity contribution is 5.75. The topological polar surface area (TPSA) is 86.7 Å². The van der Waals surface area contributed by atoms with Crippen LogP contribution < -0.4 is 9.47 Å². The van der Waals surface area contributed by atoms with Crippen LogP contribution in [0.25, 0.3) is 0 Å². The van der Waals surface area contributed by atoms with Crippen LogP contribution in [0.15, 0.2) is 12.1 Å². The van der Waals surface area contributed by atoms with Crippen LogP contribution >= 0.6 is 0 Å². The van der Waals surface area contributed by atoms with Gasteiger partial charge in [-0.3, -0.25) is 4.90 Å². The summed E-state index contributed by atoms with van der Waals surface area (Å²) in [5.74, 6) is 1.32. The minimum Gasteiger partial charge on any atom is -0.482 e. The van der Waals surface area contributed by atoms with Gasteiger partial charge in [-0.05, 0) is 94.2 Å². The smallest absolute Gasteiger partial charge is 0.337 e. The Morgan fingerprint density at radius 2 is 1.86 bits per heavy atom. The Morgan fingerprint density at radius 3 is 2.51 bits per heavy atom. The van der Waals surface area contributed by atoms with Gasteiger partial charge in [0.2, 0.25) is 0 Å². The van der Waals surface area contributed by atoms with Crippen LogP contribution in [0.1, 0.15) is 84.3 Å². The number of aryl methyl sites for hydroxylation is 1. The molecule has 7 rings (SSSR count). The van der Waals surface area contributed by atoms with Gasteiger partial charge < -0.3 is 28.8 Å². The van der Waals surface area contributed by atoms with Crippen molar-refractivity contribution in [3.05, 3.63) is 23.3 Å². The zero-order valence-electron chi connectivity index (χ0n) is 27.6. The number of aliphatic hydroxyl groups is 1. The van der Waals surface area contributed by atoms with E-state index in [0.29, 0.717) is 30.8 Å². The van der Waals surface area contributed by atoms with E-state index in [4.69, 9.17) is 23.7 Å². The average molecular weight is 600 g/mol. The molecule has 1 aromatic carbocycles. The molecule has 4 aliphatic carbocycles. The maximum Gasteiger partial charge on any atom is 0.337 e. The predicted octanol–water partition coefficient (Wildman–Crippen LogP) is 5.05. The summed E-state index contributed by atoms with van der Waals surface area (Å²) in [6.45, 7) is 15.7. The van der Waals surface area contributed by atoms with Crippen LogP contribution in [0.5, 0.6) is 11.5 Å². The zero-order chi connectivity index (χ0) is 31.0. The Kier molecular flexibility index (Phi) is 7.77. The van der Waals surface area contributed by atoms with Gasteiger partial charge in [-0.2, -0.15) is 0 Å². The third-order valence-corrected chi connectivity index (χ3v) is 12.7. The van der Waals surface area contributed by atoms with E-state index in [1.165, 1.54) is 18.4 Å². The zero-order valence-corrected chi connectivity index (χ0v) is 27.6. The number of rotatable bonds is 10. The van der Waals surface area contributed by atoms with Crippen molar-refractivity contribution in [2.45, 2.75) is 109 Å². The van der Waals surface area contributed by atoms with Gasteiger partial charge in [0.05, 0.1) is 18.8 Å². The summed E-state index contributed by atoms with van der Waals surface area (Å²) in [6.07, 6.45) is 6.00. The van der Waals surface area contributed by atoms with Gasteiger partial charge in [0, 0.05) is 43.7 Å². The van der Waals surface area contributed by atoms with E-state index in [-0.39, 0.29) is 34.9 Å². The van der Waals surface area contributed by atoms with Crippen LogP contribution in [-0.4, -0.2) is 86.5 Å². The van der Waals surface area contributed by atoms with Crippen molar-refractivity contribution in [2.24, 2.45) is 22.7 Å². The molecule has 0 radical (unpaired) electrons. The lowest BCUT2D eigenvalue weighted by atomic mass is 9.35. The lowest BCUT2D eigenvalue weighted by Crippen LogP contribution is -2.81. The van der Waals surface area contributed by atoms with Gasteiger partial charge in [0.25, 0.3) is 0 Å². The molecule has 1 N–H and O–H groups in total. The van der Waals surface area contributed by atoms with Crippen molar-refractivity contribution in [1.82, 2.24) is 4.90 Å². The number of hydrogen-bond acceptors (Lipinski definition) is 8. The Labute approximate surface area is 257 Å². The summed E-state index contributed by atoms with van der Waals surface area (Å²) in [5, 5.41) is 12.4. The largest absolute Gasteiger partial charge is 0.482 e. The number of carbonyl (C=O) groups excluding carboxylic acids is 1. The molecule has 7 atom stereocenters. The number of esters is 1. The first-order valence-electron chi connectivity index (χ1n) is 16.4. The fourth-order valence-corrected chi connectivity index (χ4v) is 9.74. The van der Waals surface area contributed by atoms with Gasteiger partial charge in [-0.15, -0.1) is 0 Å². The summed E-state index contributed by atoms with van der Waals surface area (Å²) < 4.78 is 30.3. The van der Waals surface area contributed by atoms with Crippen LogP contribution in [0, 0.1) is 29.6 Å². The predicted molar refractivity (Wildman–Crippen MR) is 164 cm³/mol. The number of piperidine rings is 1. The maximum atomic E-state index is 12.9. The molecule has 240 valence electrons. The van der Waals surface area contributed by atoms with Gasteiger partial charge in [0.15, 0.2) is 11.5 Å². The van der Waals surface area contributed by atoms with Crippen molar-refractivity contribution in [2.75, 3.05) is 47.1 Å². The fraction of sp³-hybridized carbons (Fsp3) is 0.800. The fourth-order valence-electron chi connectivity index (χ4n) is 9.74. The van der Waals surface area contributed by atoms with Crippen molar-refractivity contribution in [1.29, 1.82) is 0 Å². The molecular weight excluding hydrogens is 546 g/mol. The summed E-state index contributed by atoms with van der Waals surface area (Å²) >= 11 is 0. The number of ether oxygens (including phenoxy) is 5. The summed E-state index contributed by atoms with van der Waals surface area (Å²) in [5.41, 5.74) is -0.161. The molecule has 0 amide bonds. The second-order valence-electron chi connectivity index (χ2n) is 15.4. The second kappa shape index (κ2) is 10.7. The highest BCUT2D eigenvalue weighted by Gasteiger charge is 2.80. The Bertz CT molecular complexity index is 1240. The summed E-state index contributed by atoms with van der Waals surface area (Å²) in [7, 11) is 3.41. The van der Waals surface area contributed by atoms with E-state index >= 15 is 0 Å². The number of likely N-dealkylation sites (tertiary alicyclic amines) is 1. The normalized spacial score (nSPS) is 36.3. The van der Waals surface area contributed by atoms with Crippen LogP contribution in [0.3, 0.4) is 0 Å². The number of methoxy groups -OCH3 is 2. The SMILES string of the molecule is COCCOCC(=O)Oc1ccc(C)c2c1O[C@@H]1C23CCN(CC2CC2)C(C)[C@]32CC[C@@]1(OC)C(C(C)(O)C(C)(C)C)C2. The van der Waals surface area contributed by atoms with E-state index < -0.39 is 17.2 Å². The monoisotopic (exact) mass is 599 g/mol. The van der Waals surface area contributed by atoms with Gasteiger partial charge in [-0.25, -0.2) is 4.79 Å². The minimum atomic E-state index is -0.997. The van der Waals surface area contributed by atoms with E-state index in [9.17, 15) is 9.90 Å². The number of hydrogen-bond donors (Lipinski definition) is 1. The number of carbonyl (C=O) groups is 1. The molecular formula is C35H53NO7. The minimum absolute atomic E-state index is 0.130. The third kappa shape index (κ3) is 4.44. The quantitative estimate of drug-likeness (QED) is 0.227. The van der Waals surface area contributed by atoms with Gasteiger partial charge in [-0.1, -0.05) is 26.8 Å². The molecule has 6 aliphatic rings. The number of benzene rings is 1. The molecule has 8 nitrogen and oxygen atoms in total. The molecule has 1 aromatic rings. The number of nitrogens with zero attached hydrogens (tertiary/aromatic N) is 1. The average Bonchev–Trinajstić information content (AvgIpc) is 3.70. The van der Waals surface area contributed by atoms with Gasteiger partial charge in [0.1, 0.15) is 18.3 Å². The first kappa shape index (κ1) is 31.3. The Hall–Kier alpha value is -1.71. The highest BCUT2D eigenvalue weighted by Crippen LogP contribution is 2.76. The van der Waals surface area contributed by atoms with Crippen molar-refractivity contribution in [3.63, 3.8) is 0 Å². The van der Waals surface area contributed by atoms with E-state index in [2.05, 4.69) is 45.6 Å². The van der Waals surface area contributed by atoms with Crippen LogP contribution in [-0.2, 0) is 24.4 Å². The molecule has 2 bridgehead atoms. The van der Waals surface area contributed by atoms with Crippen molar-refractivity contribution in [3.8, 4) is 11.5 Å². The summed E-state index contributed by atoms with van der Waals surface area (Å²) in [6, 6.07) is 4.25. The molecule has 0 aromatic heterocycles. The standard InChI is InChI=1S/C35H53NO7/c1-22-9-12-25(42-27(37)21-41-18-17-39-7)29-28(22)34-15-16-36(20-24-10-11-24)23(2)33(34)13-14-35(40-8,30(34)43-29)26(19-33)32(6,38)31(3,4)5/h9,12,23-24,26,30,38H,10-11,13-21H2,1-8H3/t23?,26?,30-,32?,33-,34?,35-/m1/s1. The lowest BCUT2D eigenvalue weighted by Gasteiger charge is -2.74. The molecule has 4 saturated carbocycles. The van der Waals surface area contributed by atoms with E-state index in [1.807, 2.05) is 13.0 Å². The second-order valence-corrected chi connectivity index (χ2v) is 15.4. The molecule has 4 unspecified atom stereocenters. The van der Waals surface area contributed by atoms with Crippen molar-refractivity contribution >= 4 is 5.97 Å². The first-order valence-corrected chi connectivity index (χ1v) is 16.4. The Morgan fingerprint density at radius 1 is 1.12 bits per heavy atom. The van der Waals surface area contributed by atoms with Crippen LogP contribution in [0.2, 0.25) is 0 Å². The van der Waals surface area contributed by atoms with Crippen LogP contribution in [0.4, 0.5) is 0 Å². The maximum absolute atomic E-state index is 12.9. The molecule has 2 heterocycles. The molecule has 8 heteroatoms. The van der Waals surface area contributed by atoms with Crippen molar-refractivity contribution < 1.29 is 33.6 Å². The molecule has 43 heavy (non-hydrogen) atoms. The third-order valence-electron chi connectivity index (χ3n) is 12.7. The Balaban J connectivity index is 1.47. The van der Waals surface area contributed by atoms with E-state index in [0.717, 1.165) is 50.3 Å².